The highest BCUT2D eigenvalue weighted by Crippen LogP contribution is 2.34. The van der Waals surface area contributed by atoms with Crippen LogP contribution in [0.5, 0.6) is 0 Å². The smallest absolute Gasteiger partial charge is 0.227 e. The summed E-state index contributed by atoms with van der Waals surface area (Å²) in [7, 11) is 0. The van der Waals surface area contributed by atoms with E-state index < -0.39 is 0 Å². The molecule has 126 valence electrons. The minimum Gasteiger partial charge on any atom is -0.351 e. The summed E-state index contributed by atoms with van der Waals surface area (Å²) in [4.78, 5) is 17.0. The molecule has 2 bridgehead atoms. The van der Waals surface area contributed by atoms with Crippen LogP contribution in [0.4, 0.5) is 5.82 Å². The summed E-state index contributed by atoms with van der Waals surface area (Å²) in [5.41, 5.74) is 1.82. The molecule has 1 amide bonds. The second-order valence-electron chi connectivity index (χ2n) is 6.74. The first-order valence-corrected chi connectivity index (χ1v) is 8.55. The van der Waals surface area contributed by atoms with E-state index in [9.17, 15) is 4.79 Å². The molecule has 3 aliphatic rings. The van der Waals surface area contributed by atoms with Gasteiger partial charge in [-0.3, -0.25) is 4.79 Å². The van der Waals surface area contributed by atoms with E-state index in [1.54, 1.807) is 10.8 Å². The number of piperidine rings is 1. The van der Waals surface area contributed by atoms with Crippen LogP contribution in [0.2, 0.25) is 0 Å². The van der Waals surface area contributed by atoms with Crippen LogP contribution in [0, 0.1) is 0 Å². The van der Waals surface area contributed by atoms with Crippen molar-refractivity contribution in [1.29, 1.82) is 0 Å². The number of amides is 1. The largest absolute Gasteiger partial charge is 0.351 e. The number of carbonyl (C=O) groups is 1. The first-order chi connectivity index (χ1) is 12.3. The Morgan fingerprint density at radius 3 is 2.68 bits per heavy atom. The second kappa shape index (κ2) is 5.54. The highest BCUT2D eigenvalue weighted by molar-refractivity contribution is 5.81. The van der Waals surface area contributed by atoms with E-state index in [1.165, 1.54) is 0 Å². The van der Waals surface area contributed by atoms with Gasteiger partial charge >= 0.3 is 0 Å². The monoisotopic (exact) mass is 334 g/mol. The molecule has 7 heteroatoms. The van der Waals surface area contributed by atoms with Crippen molar-refractivity contribution < 1.29 is 4.79 Å². The highest BCUT2D eigenvalue weighted by atomic mass is 16.2. The van der Waals surface area contributed by atoms with E-state index in [0.717, 1.165) is 36.5 Å². The van der Waals surface area contributed by atoms with Crippen LogP contribution in [0.1, 0.15) is 12.0 Å². The summed E-state index contributed by atoms with van der Waals surface area (Å²) < 4.78 is 1.69. The summed E-state index contributed by atoms with van der Waals surface area (Å²) in [6, 6.07) is 14.4. The number of hydrogen-bond donors (Lipinski definition) is 0. The summed E-state index contributed by atoms with van der Waals surface area (Å²) in [6.45, 7) is 1.66. The summed E-state index contributed by atoms with van der Waals surface area (Å²) in [5, 5.41) is 12.4. The first kappa shape index (κ1) is 14.4. The maximum atomic E-state index is 12.7. The van der Waals surface area contributed by atoms with E-state index >= 15 is 0 Å². The Kier molecular flexibility index (Phi) is 3.19. The van der Waals surface area contributed by atoms with Crippen LogP contribution in [0.3, 0.4) is 0 Å². The van der Waals surface area contributed by atoms with Gasteiger partial charge in [0.2, 0.25) is 5.91 Å². The number of hydrogen-bond acceptors (Lipinski definition) is 5. The van der Waals surface area contributed by atoms with Gasteiger partial charge < -0.3 is 9.80 Å². The molecule has 2 atom stereocenters. The fourth-order valence-electron chi connectivity index (χ4n) is 3.95. The highest BCUT2D eigenvalue weighted by Gasteiger charge is 2.47. The standard InChI is InChI=1S/C18H18N6O/c25-18(8-13-4-2-1-3-5-13)24-14-9-15(24)11-22(10-14)17-7-6-16-20-19-12-23(16)21-17/h1-7,12,14-15H,8-11H2. The van der Waals surface area contributed by atoms with Crippen molar-refractivity contribution in [1.82, 2.24) is 24.7 Å². The molecule has 0 aliphatic carbocycles. The van der Waals surface area contributed by atoms with E-state index in [0.29, 0.717) is 6.42 Å². The number of rotatable bonds is 3. The third kappa shape index (κ3) is 2.43. The zero-order valence-electron chi connectivity index (χ0n) is 13.7. The molecule has 6 rings (SSSR count). The lowest BCUT2D eigenvalue weighted by Gasteiger charge is -2.56. The Balaban J connectivity index is 1.29. The van der Waals surface area contributed by atoms with Crippen LogP contribution < -0.4 is 4.90 Å². The number of piperazine rings is 1. The molecule has 2 unspecified atom stereocenters. The van der Waals surface area contributed by atoms with E-state index in [-0.39, 0.29) is 18.0 Å². The lowest BCUT2D eigenvalue weighted by atomic mass is 9.86. The van der Waals surface area contributed by atoms with Gasteiger partial charge in [0.25, 0.3) is 0 Å². The van der Waals surface area contributed by atoms with Gasteiger partial charge in [-0.25, -0.2) is 0 Å². The molecule has 3 aromatic rings. The third-order valence-corrected chi connectivity index (χ3v) is 5.15. The quantitative estimate of drug-likeness (QED) is 0.719. The van der Waals surface area contributed by atoms with Crippen molar-refractivity contribution in [3.8, 4) is 0 Å². The number of aromatic nitrogens is 4. The molecular formula is C18H18N6O. The SMILES string of the molecule is O=C(Cc1ccccc1)N1C2CC1CN(c1ccc3nncn3n1)C2. The molecule has 0 saturated carbocycles. The van der Waals surface area contributed by atoms with E-state index in [4.69, 9.17) is 0 Å². The van der Waals surface area contributed by atoms with Crippen LogP contribution in [0.25, 0.3) is 5.65 Å². The molecule has 5 heterocycles. The molecule has 7 nitrogen and oxygen atoms in total. The molecule has 25 heavy (non-hydrogen) atoms. The maximum absolute atomic E-state index is 12.7. The molecule has 0 N–H and O–H groups in total. The minimum absolute atomic E-state index is 0.231. The van der Waals surface area contributed by atoms with Gasteiger partial charge in [-0.05, 0) is 24.1 Å². The molecule has 2 aromatic heterocycles. The second-order valence-corrected chi connectivity index (χ2v) is 6.74. The van der Waals surface area contributed by atoms with Crippen LogP contribution in [-0.4, -0.2) is 55.8 Å². The molecule has 3 fully saturated rings. The van der Waals surface area contributed by atoms with Gasteiger partial charge in [0, 0.05) is 13.1 Å². The summed E-state index contributed by atoms with van der Waals surface area (Å²) in [6.07, 6.45) is 3.18. The minimum atomic E-state index is 0.231. The topological polar surface area (TPSA) is 66.6 Å². The van der Waals surface area contributed by atoms with Crippen molar-refractivity contribution in [2.24, 2.45) is 0 Å². The Morgan fingerprint density at radius 1 is 1.08 bits per heavy atom. The number of nitrogens with zero attached hydrogens (tertiary/aromatic N) is 6. The Labute approximate surface area is 144 Å². The van der Waals surface area contributed by atoms with Crippen LogP contribution in [-0.2, 0) is 11.2 Å². The number of fused-ring (bicyclic) bond motifs is 3. The van der Waals surface area contributed by atoms with E-state index in [1.807, 2.05) is 42.5 Å². The predicted octanol–water partition coefficient (Wildman–Crippen LogP) is 1.16. The molecule has 0 spiro atoms. The predicted molar refractivity (Wildman–Crippen MR) is 92.2 cm³/mol. The lowest BCUT2D eigenvalue weighted by Crippen LogP contribution is -2.70. The van der Waals surface area contributed by atoms with Gasteiger partial charge in [0.1, 0.15) is 12.1 Å². The molecule has 3 saturated heterocycles. The van der Waals surface area contributed by atoms with Gasteiger partial charge in [-0.1, -0.05) is 30.3 Å². The first-order valence-electron chi connectivity index (χ1n) is 8.55. The number of anilines is 1. The van der Waals surface area contributed by atoms with Crippen LogP contribution >= 0.6 is 0 Å². The van der Waals surface area contributed by atoms with Gasteiger partial charge in [0.15, 0.2) is 5.65 Å². The normalized spacial score (nSPS) is 22.1. The average Bonchev–Trinajstić information content (AvgIpc) is 3.10. The average molecular weight is 334 g/mol. The summed E-state index contributed by atoms with van der Waals surface area (Å²) in [5.74, 6) is 1.14. The fraction of sp³-hybridized carbons (Fsp3) is 0.333. The van der Waals surface area contributed by atoms with Gasteiger partial charge in [-0.2, -0.15) is 4.52 Å². The van der Waals surface area contributed by atoms with Crippen molar-refractivity contribution in [3.05, 3.63) is 54.4 Å². The third-order valence-electron chi connectivity index (χ3n) is 5.15. The van der Waals surface area contributed by atoms with Crippen molar-refractivity contribution in [2.45, 2.75) is 24.9 Å². The Morgan fingerprint density at radius 2 is 1.88 bits per heavy atom. The molecule has 0 radical (unpaired) electrons. The Bertz CT molecular complexity index is 911. The Hall–Kier alpha value is -2.96. The molecule has 1 aromatic carbocycles. The number of benzene rings is 1. The van der Waals surface area contributed by atoms with Crippen molar-refractivity contribution in [3.63, 3.8) is 0 Å². The van der Waals surface area contributed by atoms with Crippen molar-refractivity contribution >= 4 is 17.4 Å². The summed E-state index contributed by atoms with van der Waals surface area (Å²) >= 11 is 0. The van der Waals surface area contributed by atoms with E-state index in [2.05, 4.69) is 25.1 Å². The molecule has 3 aliphatic heterocycles. The van der Waals surface area contributed by atoms with Gasteiger partial charge in [-0.15, -0.1) is 15.3 Å². The fourth-order valence-corrected chi connectivity index (χ4v) is 3.95. The zero-order chi connectivity index (χ0) is 16.8. The number of carbonyl (C=O) groups excluding carboxylic acids is 1. The van der Waals surface area contributed by atoms with Gasteiger partial charge in [0.05, 0.1) is 18.5 Å². The molecular weight excluding hydrogens is 316 g/mol. The zero-order valence-corrected chi connectivity index (χ0v) is 13.7. The van der Waals surface area contributed by atoms with Crippen molar-refractivity contribution in [2.75, 3.05) is 18.0 Å². The lowest BCUT2D eigenvalue weighted by molar-refractivity contribution is -0.145. The maximum Gasteiger partial charge on any atom is 0.227 e. The van der Waals surface area contributed by atoms with Crippen LogP contribution in [0.15, 0.2) is 48.8 Å².